The summed E-state index contributed by atoms with van der Waals surface area (Å²) in [5.41, 5.74) is 4.77. The smallest absolute Gasteiger partial charge is 0.320 e. The summed E-state index contributed by atoms with van der Waals surface area (Å²) < 4.78 is 7.40. The summed E-state index contributed by atoms with van der Waals surface area (Å²) in [6, 6.07) is 15.8. The Morgan fingerprint density at radius 1 is 0.921 bits per heavy atom. The lowest BCUT2D eigenvalue weighted by atomic mass is 10.1. The fraction of sp³-hybridized carbons (Fsp3) is 0.379. The van der Waals surface area contributed by atoms with Crippen LogP contribution in [0, 0.1) is 0 Å². The monoisotopic (exact) mass is 513 g/mol. The van der Waals surface area contributed by atoms with Gasteiger partial charge >= 0.3 is 6.03 Å². The molecule has 0 spiro atoms. The Labute approximate surface area is 223 Å². The van der Waals surface area contributed by atoms with Crippen LogP contribution in [0.1, 0.15) is 24.8 Å². The van der Waals surface area contributed by atoms with E-state index in [1.54, 1.807) is 6.07 Å². The molecule has 2 N–H and O–H groups in total. The first-order valence-electron chi connectivity index (χ1n) is 13.4. The van der Waals surface area contributed by atoms with Gasteiger partial charge in [0.1, 0.15) is 5.82 Å². The van der Waals surface area contributed by atoms with Crippen molar-refractivity contribution in [1.29, 1.82) is 0 Å². The zero-order chi connectivity index (χ0) is 26.0. The van der Waals surface area contributed by atoms with E-state index >= 15 is 0 Å². The number of carbonyl (C=O) groups excluding carboxylic acids is 1. The predicted octanol–water partition coefficient (Wildman–Crippen LogP) is 4.36. The van der Waals surface area contributed by atoms with Crippen molar-refractivity contribution in [3.63, 3.8) is 0 Å². The molecule has 1 saturated heterocycles. The lowest BCUT2D eigenvalue weighted by Crippen LogP contribution is -2.37. The van der Waals surface area contributed by atoms with E-state index in [4.69, 9.17) is 4.74 Å². The molecule has 4 aromatic rings. The molecule has 0 bridgehead atoms. The Balaban J connectivity index is 1.11. The third-order valence-electron chi connectivity index (χ3n) is 6.73. The highest BCUT2D eigenvalue weighted by Crippen LogP contribution is 2.22. The molecule has 1 aliphatic heterocycles. The molecule has 1 fully saturated rings. The topological polar surface area (TPSA) is 97.2 Å². The zero-order valence-corrected chi connectivity index (χ0v) is 21.7. The minimum Gasteiger partial charge on any atom is -0.379 e. The van der Waals surface area contributed by atoms with E-state index in [-0.39, 0.29) is 6.03 Å². The molecule has 38 heavy (non-hydrogen) atoms. The fourth-order valence-corrected chi connectivity index (χ4v) is 4.61. The van der Waals surface area contributed by atoms with Crippen LogP contribution in [0.3, 0.4) is 0 Å². The zero-order valence-electron chi connectivity index (χ0n) is 21.7. The van der Waals surface area contributed by atoms with Gasteiger partial charge in [-0.1, -0.05) is 30.3 Å². The normalized spacial score (nSPS) is 14.0. The molecule has 0 atom stereocenters. The third kappa shape index (κ3) is 7.36. The first kappa shape index (κ1) is 25.8. The molecular weight excluding hydrogens is 478 g/mol. The maximum Gasteiger partial charge on any atom is 0.320 e. The second-order valence-electron chi connectivity index (χ2n) is 9.58. The van der Waals surface area contributed by atoms with Crippen LogP contribution >= 0.6 is 0 Å². The molecule has 0 unspecified atom stereocenters. The number of morpholine rings is 1. The van der Waals surface area contributed by atoms with Gasteiger partial charge in [-0.3, -0.25) is 19.9 Å². The minimum absolute atomic E-state index is 0.251. The molecule has 1 aromatic carbocycles. The molecule has 198 valence electrons. The largest absolute Gasteiger partial charge is 0.379 e. The Hall–Kier alpha value is -3.82. The molecule has 2 amide bonds. The molecule has 4 heterocycles. The second-order valence-corrected chi connectivity index (χ2v) is 9.58. The van der Waals surface area contributed by atoms with E-state index < -0.39 is 0 Å². The highest BCUT2D eigenvalue weighted by molar-refractivity contribution is 5.90. The number of carbonyl (C=O) groups is 1. The van der Waals surface area contributed by atoms with Gasteiger partial charge in [-0.05, 0) is 49.4 Å². The van der Waals surface area contributed by atoms with Crippen LogP contribution in [0.4, 0.5) is 10.6 Å². The summed E-state index contributed by atoms with van der Waals surface area (Å²) in [5.74, 6) is 0.497. The molecule has 0 saturated carbocycles. The number of nitrogens with zero attached hydrogens (tertiary/aromatic N) is 5. The van der Waals surface area contributed by atoms with Gasteiger partial charge in [-0.2, -0.15) is 5.10 Å². The average molecular weight is 514 g/mol. The summed E-state index contributed by atoms with van der Waals surface area (Å²) in [5, 5.41) is 10.3. The second kappa shape index (κ2) is 13.1. The Bertz CT molecular complexity index is 1320. The fourth-order valence-electron chi connectivity index (χ4n) is 4.61. The van der Waals surface area contributed by atoms with Crippen molar-refractivity contribution in [2.75, 3.05) is 44.7 Å². The van der Waals surface area contributed by atoms with Crippen molar-refractivity contribution in [3.8, 4) is 11.1 Å². The van der Waals surface area contributed by atoms with Crippen LogP contribution in [-0.4, -0.2) is 70.1 Å². The number of unbranched alkanes of at least 4 members (excludes halogenated alkanes) is 1. The summed E-state index contributed by atoms with van der Waals surface area (Å²) >= 11 is 0. The molecular formula is C29H35N7O2. The van der Waals surface area contributed by atoms with Crippen molar-refractivity contribution in [2.24, 2.45) is 0 Å². The lowest BCUT2D eigenvalue weighted by molar-refractivity contribution is 0.0368. The van der Waals surface area contributed by atoms with Crippen LogP contribution in [0.15, 0.2) is 67.1 Å². The van der Waals surface area contributed by atoms with Crippen molar-refractivity contribution in [3.05, 3.63) is 72.7 Å². The number of ether oxygens (including phenoxy) is 1. The van der Waals surface area contributed by atoms with E-state index in [9.17, 15) is 4.79 Å². The van der Waals surface area contributed by atoms with E-state index in [1.165, 1.54) is 5.56 Å². The maximum absolute atomic E-state index is 12.4. The lowest BCUT2D eigenvalue weighted by Gasteiger charge is -2.26. The van der Waals surface area contributed by atoms with Crippen LogP contribution in [-0.2, 0) is 17.7 Å². The highest BCUT2D eigenvalue weighted by atomic mass is 16.5. The third-order valence-corrected chi connectivity index (χ3v) is 6.73. The maximum atomic E-state index is 12.4. The number of benzene rings is 1. The van der Waals surface area contributed by atoms with Crippen molar-refractivity contribution >= 4 is 22.9 Å². The summed E-state index contributed by atoms with van der Waals surface area (Å²) in [7, 11) is 0. The molecule has 9 heteroatoms. The van der Waals surface area contributed by atoms with E-state index in [0.29, 0.717) is 12.4 Å². The van der Waals surface area contributed by atoms with Crippen LogP contribution in [0.25, 0.3) is 22.2 Å². The Morgan fingerprint density at radius 2 is 1.79 bits per heavy atom. The number of amides is 2. The average Bonchev–Trinajstić information content (AvgIpc) is 3.43. The van der Waals surface area contributed by atoms with Crippen molar-refractivity contribution < 1.29 is 9.53 Å². The molecule has 5 rings (SSSR count). The van der Waals surface area contributed by atoms with Gasteiger partial charge in [-0.15, -0.1) is 0 Å². The van der Waals surface area contributed by atoms with Crippen molar-refractivity contribution in [2.45, 2.75) is 32.2 Å². The van der Waals surface area contributed by atoms with Gasteiger partial charge in [0, 0.05) is 56.2 Å². The molecule has 9 nitrogen and oxygen atoms in total. The first-order chi connectivity index (χ1) is 18.7. The minimum atomic E-state index is -0.251. The van der Waals surface area contributed by atoms with E-state index in [2.05, 4.69) is 61.1 Å². The predicted molar refractivity (Wildman–Crippen MR) is 149 cm³/mol. The van der Waals surface area contributed by atoms with Gasteiger partial charge in [-0.25, -0.2) is 9.78 Å². The number of nitrogens with one attached hydrogen (secondary N) is 2. The number of hydrogen-bond acceptors (Lipinski definition) is 6. The summed E-state index contributed by atoms with van der Waals surface area (Å²) in [4.78, 5) is 24.0. The van der Waals surface area contributed by atoms with Gasteiger partial charge in [0.15, 0.2) is 0 Å². The molecule has 0 aliphatic carbocycles. The molecule has 0 radical (unpaired) electrons. The summed E-state index contributed by atoms with van der Waals surface area (Å²) in [6.45, 7) is 6.20. The first-order valence-corrected chi connectivity index (χ1v) is 13.4. The number of anilines is 1. The van der Waals surface area contributed by atoms with E-state index in [1.807, 2.05) is 35.3 Å². The van der Waals surface area contributed by atoms with Gasteiger partial charge in [0.05, 0.1) is 30.4 Å². The van der Waals surface area contributed by atoms with Crippen molar-refractivity contribution in [1.82, 2.24) is 30.0 Å². The molecule has 1 aliphatic rings. The number of aryl methyl sites for hydroxylation is 2. The van der Waals surface area contributed by atoms with E-state index in [0.717, 1.165) is 87.2 Å². The summed E-state index contributed by atoms with van der Waals surface area (Å²) in [6.07, 6.45) is 9.76. The standard InChI is InChI=1S/C29H35N7O2/c37-29(30-12-5-4-9-23-7-2-1-3-8-23)34-28-11-10-26-27(33-28)19-24(20-31-26)25-21-32-36(22-25)14-6-13-35-15-17-38-18-16-35/h1-3,7-8,10-11,19-22H,4-6,9,12-18H2,(H2,30,33,34,37). The number of urea groups is 1. The highest BCUT2D eigenvalue weighted by Gasteiger charge is 2.11. The quantitative estimate of drug-likeness (QED) is 0.289. The number of hydrogen-bond donors (Lipinski definition) is 2. The number of aromatic nitrogens is 4. The van der Waals surface area contributed by atoms with Gasteiger partial charge in [0.2, 0.25) is 0 Å². The number of pyridine rings is 2. The number of fused-ring (bicyclic) bond motifs is 1. The van der Waals surface area contributed by atoms with Crippen LogP contribution in [0.2, 0.25) is 0 Å². The van der Waals surface area contributed by atoms with Crippen LogP contribution < -0.4 is 10.6 Å². The van der Waals surface area contributed by atoms with Gasteiger partial charge in [0.25, 0.3) is 0 Å². The molecule has 3 aromatic heterocycles. The SMILES string of the molecule is O=C(NCCCCc1ccccc1)Nc1ccc2ncc(-c3cnn(CCCN4CCOCC4)c3)cc2n1. The van der Waals surface area contributed by atoms with Gasteiger partial charge < -0.3 is 10.1 Å². The van der Waals surface area contributed by atoms with Crippen LogP contribution in [0.5, 0.6) is 0 Å². The Morgan fingerprint density at radius 3 is 2.66 bits per heavy atom. The Kier molecular flexibility index (Phi) is 8.91. The number of rotatable bonds is 11.